The molecule has 0 aliphatic heterocycles. The van der Waals surface area contributed by atoms with Crippen LogP contribution in [0.3, 0.4) is 0 Å². The van der Waals surface area contributed by atoms with Gasteiger partial charge in [0.05, 0.1) is 17.6 Å². The van der Waals surface area contributed by atoms with E-state index in [1.807, 2.05) is 30.3 Å². The van der Waals surface area contributed by atoms with Crippen LogP contribution in [0, 0.1) is 0 Å². The SMILES string of the molecule is COC(=O)c1cc(SCc2ccccc2)c(=O)n(C)c1. The highest BCUT2D eigenvalue weighted by molar-refractivity contribution is 7.98. The summed E-state index contributed by atoms with van der Waals surface area (Å²) < 4.78 is 6.09. The Kier molecular flexibility index (Phi) is 4.63. The second kappa shape index (κ2) is 6.43. The molecule has 5 heteroatoms. The Hall–Kier alpha value is -2.01. The Bertz CT molecular complexity index is 665. The molecule has 4 nitrogen and oxygen atoms in total. The molecule has 0 fully saturated rings. The summed E-state index contributed by atoms with van der Waals surface area (Å²) >= 11 is 1.42. The van der Waals surface area contributed by atoms with Gasteiger partial charge in [-0.15, -0.1) is 11.8 Å². The van der Waals surface area contributed by atoms with Gasteiger partial charge in [-0.25, -0.2) is 4.79 Å². The molecule has 0 radical (unpaired) electrons. The van der Waals surface area contributed by atoms with Crippen molar-refractivity contribution in [2.24, 2.45) is 7.05 Å². The lowest BCUT2D eigenvalue weighted by Gasteiger charge is -2.07. The van der Waals surface area contributed by atoms with Gasteiger partial charge < -0.3 is 9.30 Å². The minimum absolute atomic E-state index is 0.112. The number of rotatable bonds is 4. The molecule has 0 saturated heterocycles. The van der Waals surface area contributed by atoms with Crippen LogP contribution in [0.15, 0.2) is 52.3 Å². The standard InChI is InChI=1S/C15H15NO3S/c1-16-9-12(15(18)19-2)8-13(14(16)17)20-10-11-6-4-3-5-7-11/h3-9H,10H2,1-2H3. The number of hydrogen-bond donors (Lipinski definition) is 0. The van der Waals surface area contributed by atoms with Crippen molar-refractivity contribution >= 4 is 17.7 Å². The number of carbonyl (C=O) groups excluding carboxylic acids is 1. The summed E-state index contributed by atoms with van der Waals surface area (Å²) in [4.78, 5) is 24.1. The van der Waals surface area contributed by atoms with Crippen LogP contribution in [0.1, 0.15) is 15.9 Å². The number of esters is 1. The summed E-state index contributed by atoms with van der Waals surface area (Å²) in [6.45, 7) is 0. The number of ether oxygens (including phenoxy) is 1. The number of benzene rings is 1. The van der Waals surface area contributed by atoms with Gasteiger partial charge in [-0.2, -0.15) is 0 Å². The van der Waals surface area contributed by atoms with E-state index in [4.69, 9.17) is 0 Å². The molecule has 0 bridgehead atoms. The van der Waals surface area contributed by atoms with Crippen molar-refractivity contribution in [1.82, 2.24) is 4.57 Å². The maximum atomic E-state index is 12.0. The fourth-order valence-corrected chi connectivity index (χ4v) is 2.74. The maximum Gasteiger partial charge on any atom is 0.339 e. The van der Waals surface area contributed by atoms with E-state index in [2.05, 4.69) is 4.74 Å². The number of thioether (sulfide) groups is 1. The van der Waals surface area contributed by atoms with E-state index in [0.29, 0.717) is 16.2 Å². The monoisotopic (exact) mass is 289 g/mol. The fraction of sp³-hybridized carbons (Fsp3) is 0.200. The molecule has 0 unspecified atom stereocenters. The number of nitrogens with zero attached hydrogens (tertiary/aromatic N) is 1. The van der Waals surface area contributed by atoms with Crippen LogP contribution in [0.2, 0.25) is 0 Å². The summed E-state index contributed by atoms with van der Waals surface area (Å²) in [5, 5.41) is 0. The Balaban J connectivity index is 2.25. The van der Waals surface area contributed by atoms with E-state index < -0.39 is 5.97 Å². The van der Waals surface area contributed by atoms with E-state index >= 15 is 0 Å². The van der Waals surface area contributed by atoms with Gasteiger partial charge in [0.25, 0.3) is 5.56 Å². The topological polar surface area (TPSA) is 48.3 Å². The Labute approximate surface area is 121 Å². The van der Waals surface area contributed by atoms with E-state index in [-0.39, 0.29) is 5.56 Å². The molecule has 0 spiro atoms. The van der Waals surface area contributed by atoms with Crippen molar-refractivity contribution in [2.45, 2.75) is 10.6 Å². The minimum Gasteiger partial charge on any atom is -0.465 e. The number of aryl methyl sites for hydroxylation is 1. The van der Waals surface area contributed by atoms with Crippen LogP contribution in [-0.2, 0) is 17.5 Å². The molecule has 0 atom stereocenters. The number of hydrogen-bond acceptors (Lipinski definition) is 4. The second-order valence-electron chi connectivity index (χ2n) is 4.27. The second-order valence-corrected chi connectivity index (χ2v) is 5.29. The lowest BCUT2D eigenvalue weighted by Crippen LogP contribution is -2.20. The quantitative estimate of drug-likeness (QED) is 0.641. The van der Waals surface area contributed by atoms with E-state index in [1.54, 1.807) is 13.1 Å². The molecule has 0 N–H and O–H groups in total. The highest BCUT2D eigenvalue weighted by Gasteiger charge is 2.11. The average Bonchev–Trinajstić information content (AvgIpc) is 2.48. The molecular weight excluding hydrogens is 274 g/mol. The summed E-state index contributed by atoms with van der Waals surface area (Å²) in [7, 11) is 2.95. The molecule has 2 aromatic rings. The third-order valence-corrected chi connectivity index (χ3v) is 3.89. The van der Waals surface area contributed by atoms with Gasteiger partial charge in [0.1, 0.15) is 0 Å². The normalized spacial score (nSPS) is 10.3. The van der Waals surface area contributed by atoms with Crippen molar-refractivity contribution in [1.29, 1.82) is 0 Å². The zero-order valence-corrected chi connectivity index (χ0v) is 12.1. The highest BCUT2D eigenvalue weighted by atomic mass is 32.2. The van der Waals surface area contributed by atoms with Gasteiger partial charge in [-0.3, -0.25) is 4.79 Å². The summed E-state index contributed by atoms with van der Waals surface area (Å²) in [5.41, 5.74) is 1.40. The van der Waals surface area contributed by atoms with Crippen molar-refractivity contribution in [2.75, 3.05) is 7.11 Å². The van der Waals surface area contributed by atoms with Crippen molar-refractivity contribution in [3.8, 4) is 0 Å². The predicted molar refractivity (Wildman–Crippen MR) is 79.0 cm³/mol. The van der Waals surface area contributed by atoms with Crippen molar-refractivity contribution in [3.05, 3.63) is 64.1 Å². The predicted octanol–water partition coefficient (Wildman–Crippen LogP) is 2.46. The first-order chi connectivity index (χ1) is 9.61. The van der Waals surface area contributed by atoms with E-state index in [0.717, 1.165) is 5.56 Å². The molecule has 0 amide bonds. The lowest BCUT2D eigenvalue weighted by atomic mass is 10.2. The van der Waals surface area contributed by atoms with E-state index in [1.165, 1.54) is 29.6 Å². The molecule has 1 heterocycles. The molecule has 20 heavy (non-hydrogen) atoms. The Morgan fingerprint density at radius 3 is 2.65 bits per heavy atom. The lowest BCUT2D eigenvalue weighted by molar-refractivity contribution is 0.0599. The average molecular weight is 289 g/mol. The zero-order valence-electron chi connectivity index (χ0n) is 11.3. The molecule has 2 rings (SSSR count). The smallest absolute Gasteiger partial charge is 0.339 e. The largest absolute Gasteiger partial charge is 0.465 e. The van der Waals surface area contributed by atoms with Crippen LogP contribution in [-0.4, -0.2) is 17.6 Å². The third-order valence-electron chi connectivity index (χ3n) is 2.81. The third kappa shape index (κ3) is 3.30. The first kappa shape index (κ1) is 14.4. The summed E-state index contributed by atoms with van der Waals surface area (Å²) in [6.07, 6.45) is 1.49. The van der Waals surface area contributed by atoms with Crippen molar-refractivity contribution in [3.63, 3.8) is 0 Å². The van der Waals surface area contributed by atoms with Crippen LogP contribution in [0.4, 0.5) is 0 Å². The summed E-state index contributed by atoms with van der Waals surface area (Å²) in [5.74, 6) is 0.239. The number of aromatic nitrogens is 1. The van der Waals surface area contributed by atoms with E-state index in [9.17, 15) is 9.59 Å². The first-order valence-corrected chi connectivity index (χ1v) is 7.06. The molecule has 0 saturated carbocycles. The van der Waals surface area contributed by atoms with Crippen LogP contribution >= 0.6 is 11.8 Å². The molecule has 0 aliphatic rings. The Morgan fingerprint density at radius 2 is 2.00 bits per heavy atom. The van der Waals surface area contributed by atoms with Crippen LogP contribution in [0.25, 0.3) is 0 Å². The highest BCUT2D eigenvalue weighted by Crippen LogP contribution is 2.20. The zero-order chi connectivity index (χ0) is 14.5. The number of methoxy groups -OCH3 is 1. The van der Waals surface area contributed by atoms with Crippen molar-refractivity contribution < 1.29 is 9.53 Å². The van der Waals surface area contributed by atoms with Gasteiger partial charge in [0.2, 0.25) is 0 Å². The van der Waals surface area contributed by atoms with Gasteiger partial charge in [0, 0.05) is 19.0 Å². The molecule has 104 valence electrons. The number of carbonyl (C=O) groups is 1. The minimum atomic E-state index is -0.442. The molecule has 0 aliphatic carbocycles. The fourth-order valence-electron chi connectivity index (χ4n) is 1.75. The molecule has 1 aromatic carbocycles. The van der Waals surface area contributed by atoms with Crippen LogP contribution in [0.5, 0.6) is 0 Å². The number of pyridine rings is 1. The van der Waals surface area contributed by atoms with Gasteiger partial charge in [-0.1, -0.05) is 30.3 Å². The van der Waals surface area contributed by atoms with Crippen LogP contribution < -0.4 is 5.56 Å². The van der Waals surface area contributed by atoms with Gasteiger partial charge >= 0.3 is 5.97 Å². The maximum absolute atomic E-state index is 12.0. The Morgan fingerprint density at radius 1 is 1.30 bits per heavy atom. The van der Waals surface area contributed by atoms with Gasteiger partial charge in [0.15, 0.2) is 0 Å². The first-order valence-electron chi connectivity index (χ1n) is 6.07. The molecular formula is C15H15NO3S. The summed E-state index contributed by atoms with van der Waals surface area (Å²) in [6, 6.07) is 11.5. The molecule has 1 aromatic heterocycles. The van der Waals surface area contributed by atoms with Gasteiger partial charge in [-0.05, 0) is 11.6 Å².